The summed E-state index contributed by atoms with van der Waals surface area (Å²) in [5, 5.41) is 22.2. The van der Waals surface area contributed by atoms with Crippen LogP contribution in [0.5, 0.6) is 5.75 Å². The molecule has 2 aliphatic heterocycles. The van der Waals surface area contributed by atoms with E-state index in [0.717, 1.165) is 16.7 Å². The van der Waals surface area contributed by atoms with Crippen LogP contribution in [0, 0.1) is 17.8 Å². The SMILES string of the molecule is CC(C)C[C@H]1C(=O)N[C@H](C(=O)NCc2ccc(CNC(=O)c3ccc(N/N=C/c4ccccc4S(O)(O)O)nc3)cc2)Cc2ccc(cc2)OCCC[C@@H]1C(=O)NO. The lowest BCUT2D eigenvalue weighted by molar-refractivity contribution is -0.142. The molecule has 0 saturated carbocycles. The third kappa shape index (κ3) is 12.6. The van der Waals surface area contributed by atoms with Crippen molar-refractivity contribution in [2.75, 3.05) is 12.0 Å². The molecular weight excluding hydrogens is 767 g/mol. The lowest BCUT2D eigenvalue weighted by Crippen LogP contribution is -2.51. The number of ether oxygens (including phenoxy) is 1. The van der Waals surface area contributed by atoms with E-state index < -0.39 is 46.5 Å². The van der Waals surface area contributed by atoms with Crippen LogP contribution in [-0.4, -0.2) is 66.3 Å². The summed E-state index contributed by atoms with van der Waals surface area (Å²) in [5.41, 5.74) is 7.43. The highest BCUT2D eigenvalue weighted by Crippen LogP contribution is 2.44. The first-order valence-corrected chi connectivity index (χ1v) is 20.3. The molecule has 0 spiro atoms. The molecule has 2 aliphatic rings. The number of rotatable bonds is 13. The van der Waals surface area contributed by atoms with Crippen molar-refractivity contribution in [1.82, 2.24) is 26.4 Å². The number of fused-ring (bicyclic) bond motifs is 11. The maximum Gasteiger partial charge on any atom is 0.253 e. The predicted molar refractivity (Wildman–Crippen MR) is 218 cm³/mol. The van der Waals surface area contributed by atoms with Gasteiger partial charge in [-0.1, -0.05) is 68.4 Å². The Kier molecular flexibility index (Phi) is 15.3. The van der Waals surface area contributed by atoms with E-state index in [-0.39, 0.29) is 36.2 Å². The second-order valence-corrected chi connectivity index (χ2v) is 15.8. The van der Waals surface area contributed by atoms with E-state index >= 15 is 0 Å². The highest BCUT2D eigenvalue weighted by atomic mass is 32.3. The van der Waals surface area contributed by atoms with Gasteiger partial charge in [-0.3, -0.25) is 29.8 Å². The molecule has 0 fully saturated rings. The first-order chi connectivity index (χ1) is 27.8. The van der Waals surface area contributed by atoms with Crippen molar-refractivity contribution in [2.45, 2.75) is 63.6 Å². The highest BCUT2D eigenvalue weighted by Gasteiger charge is 2.36. The van der Waals surface area contributed by atoms with Crippen LogP contribution in [0.4, 0.5) is 5.82 Å². The first kappa shape index (κ1) is 43.3. The molecule has 3 aromatic carbocycles. The molecule has 3 heterocycles. The summed E-state index contributed by atoms with van der Waals surface area (Å²) in [6.07, 6.45) is 4.04. The Morgan fingerprint density at radius 3 is 2.26 bits per heavy atom. The maximum atomic E-state index is 13.8. The number of amides is 4. The largest absolute Gasteiger partial charge is 0.494 e. The fraction of sp³-hybridized carbons (Fsp3) is 0.317. The monoisotopic (exact) mass is 815 g/mol. The second-order valence-electron chi connectivity index (χ2n) is 14.3. The predicted octanol–water partition coefficient (Wildman–Crippen LogP) is 5.34. The summed E-state index contributed by atoms with van der Waals surface area (Å²) in [6, 6.07) is 22.9. The van der Waals surface area contributed by atoms with Gasteiger partial charge in [0.15, 0.2) is 0 Å². The minimum Gasteiger partial charge on any atom is -0.494 e. The molecule has 9 N–H and O–H groups in total. The smallest absolute Gasteiger partial charge is 0.253 e. The molecule has 0 radical (unpaired) electrons. The molecule has 4 aromatic rings. The van der Waals surface area contributed by atoms with Crippen molar-refractivity contribution < 1.29 is 42.8 Å². The fourth-order valence-corrected chi connectivity index (χ4v) is 7.17. The summed E-state index contributed by atoms with van der Waals surface area (Å²) < 4.78 is 34.7. The Balaban J connectivity index is 1.16. The van der Waals surface area contributed by atoms with Crippen LogP contribution in [-0.2, 0) is 33.9 Å². The Morgan fingerprint density at radius 2 is 1.62 bits per heavy atom. The number of anilines is 1. The zero-order valence-corrected chi connectivity index (χ0v) is 32.9. The number of aromatic nitrogens is 1. The van der Waals surface area contributed by atoms with Crippen molar-refractivity contribution in [2.24, 2.45) is 22.9 Å². The van der Waals surface area contributed by atoms with E-state index in [1.54, 1.807) is 47.9 Å². The number of hydrazone groups is 1. The maximum absolute atomic E-state index is 13.8. The molecule has 3 atom stereocenters. The van der Waals surface area contributed by atoms with E-state index in [1.165, 1.54) is 18.5 Å². The quantitative estimate of drug-likeness (QED) is 0.0474. The summed E-state index contributed by atoms with van der Waals surface area (Å²) in [7, 11) is -3.93. The normalized spacial score (nSPS) is 17.8. The van der Waals surface area contributed by atoms with E-state index in [2.05, 4.69) is 31.5 Å². The van der Waals surface area contributed by atoms with Crippen molar-refractivity contribution in [3.63, 3.8) is 0 Å². The minimum atomic E-state index is -3.93. The molecule has 0 saturated heterocycles. The molecule has 0 unspecified atom stereocenters. The number of hydroxylamine groups is 1. The molecule has 6 rings (SSSR count). The van der Waals surface area contributed by atoms with Crippen molar-refractivity contribution in [1.29, 1.82) is 0 Å². The van der Waals surface area contributed by atoms with Crippen LogP contribution < -0.4 is 31.6 Å². The number of pyridine rings is 1. The van der Waals surface area contributed by atoms with Gasteiger partial charge in [-0.2, -0.15) is 5.10 Å². The van der Waals surface area contributed by atoms with E-state index in [0.29, 0.717) is 48.6 Å². The summed E-state index contributed by atoms with van der Waals surface area (Å²) in [5.74, 6) is -2.43. The molecule has 1 aromatic heterocycles. The summed E-state index contributed by atoms with van der Waals surface area (Å²) in [6.45, 7) is 4.62. The number of nitrogens with zero attached hydrogens (tertiary/aromatic N) is 2. The second kappa shape index (κ2) is 20.5. The van der Waals surface area contributed by atoms with Gasteiger partial charge in [0, 0.05) is 37.2 Å². The van der Waals surface area contributed by atoms with Gasteiger partial charge in [-0.15, -0.1) is 0 Å². The fourth-order valence-electron chi connectivity index (χ4n) is 6.47. The van der Waals surface area contributed by atoms with Gasteiger partial charge < -0.3 is 34.3 Å². The lowest BCUT2D eigenvalue weighted by atomic mass is 9.81. The van der Waals surface area contributed by atoms with Crippen LogP contribution in [0.15, 0.2) is 101 Å². The molecule has 308 valence electrons. The van der Waals surface area contributed by atoms with Crippen LogP contribution in [0.1, 0.15) is 65.7 Å². The number of benzene rings is 3. The first-order valence-electron chi connectivity index (χ1n) is 18.7. The zero-order valence-electron chi connectivity index (χ0n) is 32.1. The van der Waals surface area contributed by atoms with Gasteiger partial charge in [0.05, 0.1) is 29.2 Å². The Hall–Kier alpha value is -5.85. The van der Waals surface area contributed by atoms with Gasteiger partial charge >= 0.3 is 0 Å². The summed E-state index contributed by atoms with van der Waals surface area (Å²) >= 11 is 0. The number of hydrogen-bond donors (Lipinski definition) is 9. The Morgan fingerprint density at radius 1 is 0.931 bits per heavy atom. The van der Waals surface area contributed by atoms with Crippen molar-refractivity contribution >= 4 is 46.5 Å². The molecular formula is C41H49N7O9S. The van der Waals surface area contributed by atoms with Gasteiger partial charge in [-0.05, 0) is 72.2 Å². The van der Waals surface area contributed by atoms with E-state index in [1.807, 2.05) is 50.2 Å². The standard InChI is InChI=1S/C41H49N7O9S/c1-26(2)20-34-33(40(51)48-53)7-5-19-57-32-16-13-27(14-17-32)21-35(46-39(34)50)41(52)44-23-29-11-9-28(10-12-29)22-43-38(49)31-15-18-37(42-24-31)47-45-25-30-6-3-4-8-36(30)58(54,55)56/h3-4,6,8-18,24-26,33-35,53-56H,5,7,19-23H2,1-2H3,(H,42,47)(H,43,49)(H,44,52)(H,46,50)(H,48,51)/b45-25+/t33-,34+,35-/m0/s1. The van der Waals surface area contributed by atoms with Crippen LogP contribution in [0.3, 0.4) is 0 Å². The van der Waals surface area contributed by atoms with Crippen molar-refractivity contribution in [3.8, 4) is 5.75 Å². The van der Waals surface area contributed by atoms with Gasteiger partial charge in [0.25, 0.3) is 5.91 Å². The molecule has 2 bridgehead atoms. The van der Waals surface area contributed by atoms with Gasteiger partial charge in [-0.25, -0.2) is 10.5 Å². The lowest BCUT2D eigenvalue weighted by Gasteiger charge is -2.29. The number of nitrogens with one attached hydrogen (secondary N) is 5. The zero-order chi connectivity index (χ0) is 41.7. The topological polar surface area (TPSA) is 244 Å². The minimum absolute atomic E-state index is 0.0630. The highest BCUT2D eigenvalue weighted by molar-refractivity contribution is 8.19. The van der Waals surface area contributed by atoms with Gasteiger partial charge in [0.1, 0.15) is 28.5 Å². The molecule has 0 aliphatic carbocycles. The van der Waals surface area contributed by atoms with Gasteiger partial charge in [0.2, 0.25) is 17.7 Å². The van der Waals surface area contributed by atoms with Crippen LogP contribution in [0.2, 0.25) is 0 Å². The van der Waals surface area contributed by atoms with Crippen molar-refractivity contribution in [3.05, 3.63) is 119 Å². The molecule has 17 heteroatoms. The number of carbonyl (C=O) groups is 4. The third-order valence-corrected chi connectivity index (χ3v) is 10.4. The average Bonchev–Trinajstić information content (AvgIpc) is 3.21. The Labute approximate surface area is 338 Å². The van der Waals surface area contributed by atoms with Crippen LogP contribution in [0.25, 0.3) is 0 Å². The number of carbonyl (C=O) groups excluding carboxylic acids is 4. The Bertz CT molecular complexity index is 2040. The molecule has 4 amide bonds. The van der Waals surface area contributed by atoms with Crippen LogP contribution >= 0.6 is 10.9 Å². The molecule has 16 nitrogen and oxygen atoms in total. The average molecular weight is 816 g/mol. The molecule has 58 heavy (non-hydrogen) atoms. The van der Waals surface area contributed by atoms with E-state index in [4.69, 9.17) is 4.74 Å². The number of hydrogen-bond acceptors (Lipinski definition) is 12. The summed E-state index contributed by atoms with van der Waals surface area (Å²) in [4.78, 5) is 57.2. The van der Waals surface area contributed by atoms with E-state index in [9.17, 15) is 38.0 Å². The third-order valence-electron chi connectivity index (χ3n) is 9.48.